The lowest BCUT2D eigenvalue weighted by atomic mass is 10.0. The van der Waals surface area contributed by atoms with E-state index in [9.17, 15) is 4.39 Å². The first-order valence-electron chi connectivity index (χ1n) is 5.25. The quantitative estimate of drug-likeness (QED) is 0.797. The summed E-state index contributed by atoms with van der Waals surface area (Å²) in [5.74, 6) is -0.248. The maximum Gasteiger partial charge on any atom is 0.132 e. The van der Waals surface area contributed by atoms with Gasteiger partial charge in [0.1, 0.15) is 11.5 Å². The molecule has 1 N–H and O–H groups in total. The van der Waals surface area contributed by atoms with Crippen molar-refractivity contribution < 1.29 is 9.13 Å². The molecule has 0 saturated carbocycles. The Morgan fingerprint density at radius 3 is 3.06 bits per heavy atom. The molecule has 0 aliphatic carbocycles. The molecule has 0 spiro atoms. The second kappa shape index (κ2) is 3.72. The number of ether oxygens (including phenoxy) is 1. The summed E-state index contributed by atoms with van der Waals surface area (Å²) < 4.78 is 19.0. The van der Waals surface area contributed by atoms with E-state index in [2.05, 4.69) is 10.2 Å². The molecule has 0 bridgehead atoms. The van der Waals surface area contributed by atoms with E-state index in [1.54, 1.807) is 12.1 Å². The largest absolute Gasteiger partial charge is 0.376 e. The molecule has 1 aliphatic rings. The van der Waals surface area contributed by atoms with E-state index < -0.39 is 0 Å². The van der Waals surface area contributed by atoms with Crippen LogP contribution in [0.1, 0.15) is 11.3 Å². The van der Waals surface area contributed by atoms with Gasteiger partial charge in [-0.2, -0.15) is 5.10 Å². The van der Waals surface area contributed by atoms with Crippen molar-refractivity contribution in [2.45, 2.75) is 13.0 Å². The second-order valence-electron chi connectivity index (χ2n) is 3.81. The van der Waals surface area contributed by atoms with Crippen LogP contribution < -0.4 is 0 Å². The Bertz CT molecular complexity index is 521. The van der Waals surface area contributed by atoms with Crippen LogP contribution in [-0.4, -0.2) is 16.8 Å². The lowest BCUT2D eigenvalue weighted by Crippen LogP contribution is -2.09. The van der Waals surface area contributed by atoms with Crippen molar-refractivity contribution in [2.75, 3.05) is 6.61 Å². The Labute approximate surface area is 92.3 Å². The third-order valence-electron chi connectivity index (χ3n) is 2.82. The van der Waals surface area contributed by atoms with E-state index >= 15 is 0 Å². The van der Waals surface area contributed by atoms with Crippen molar-refractivity contribution in [3.8, 4) is 11.3 Å². The predicted molar refractivity (Wildman–Crippen MR) is 57.3 cm³/mol. The van der Waals surface area contributed by atoms with Crippen LogP contribution in [0.2, 0.25) is 0 Å². The van der Waals surface area contributed by atoms with Crippen LogP contribution in [0.3, 0.4) is 0 Å². The summed E-state index contributed by atoms with van der Waals surface area (Å²) in [7, 11) is 0. The molecule has 2 heterocycles. The monoisotopic (exact) mass is 218 g/mol. The predicted octanol–water partition coefficient (Wildman–Crippen LogP) is 2.29. The Morgan fingerprint density at radius 1 is 1.31 bits per heavy atom. The molecule has 0 saturated heterocycles. The van der Waals surface area contributed by atoms with Gasteiger partial charge in [0.25, 0.3) is 0 Å². The summed E-state index contributed by atoms with van der Waals surface area (Å²) in [6, 6.07) is 6.66. The normalized spacial score (nSPS) is 14.8. The number of benzene rings is 1. The minimum Gasteiger partial charge on any atom is -0.376 e. The van der Waals surface area contributed by atoms with Crippen LogP contribution in [0.15, 0.2) is 24.3 Å². The lowest BCUT2D eigenvalue weighted by Gasteiger charge is -2.12. The van der Waals surface area contributed by atoms with Gasteiger partial charge in [-0.1, -0.05) is 12.1 Å². The third-order valence-corrected chi connectivity index (χ3v) is 2.82. The second-order valence-corrected chi connectivity index (χ2v) is 3.81. The van der Waals surface area contributed by atoms with Crippen LogP contribution in [0.25, 0.3) is 11.3 Å². The number of aromatic nitrogens is 2. The molecule has 0 atom stereocenters. The maximum absolute atomic E-state index is 13.6. The number of H-pyrrole nitrogens is 1. The zero-order chi connectivity index (χ0) is 11.0. The summed E-state index contributed by atoms with van der Waals surface area (Å²) in [5.41, 5.74) is 3.25. The topological polar surface area (TPSA) is 37.9 Å². The van der Waals surface area contributed by atoms with Gasteiger partial charge >= 0.3 is 0 Å². The summed E-state index contributed by atoms with van der Waals surface area (Å²) >= 11 is 0. The van der Waals surface area contributed by atoms with Crippen LogP contribution >= 0.6 is 0 Å². The van der Waals surface area contributed by atoms with Gasteiger partial charge in [0, 0.05) is 23.2 Å². The summed E-state index contributed by atoms with van der Waals surface area (Å²) in [6.45, 7) is 1.21. The Hall–Kier alpha value is -1.68. The highest BCUT2D eigenvalue weighted by atomic mass is 19.1. The first kappa shape index (κ1) is 9.54. The van der Waals surface area contributed by atoms with E-state index in [4.69, 9.17) is 4.74 Å². The molecule has 0 radical (unpaired) electrons. The molecular weight excluding hydrogens is 207 g/mol. The van der Waals surface area contributed by atoms with Gasteiger partial charge in [-0.25, -0.2) is 4.39 Å². The molecule has 3 rings (SSSR count). The van der Waals surface area contributed by atoms with Crippen LogP contribution in [0.5, 0.6) is 0 Å². The van der Waals surface area contributed by atoms with E-state index in [-0.39, 0.29) is 5.82 Å². The highest BCUT2D eigenvalue weighted by Gasteiger charge is 2.19. The van der Waals surface area contributed by atoms with Gasteiger partial charge in [-0.15, -0.1) is 0 Å². The van der Waals surface area contributed by atoms with E-state index in [1.165, 1.54) is 6.07 Å². The maximum atomic E-state index is 13.6. The molecule has 0 amide bonds. The molecule has 1 aromatic carbocycles. The highest BCUT2D eigenvalue weighted by molar-refractivity contribution is 5.64. The van der Waals surface area contributed by atoms with Crippen molar-refractivity contribution in [2.24, 2.45) is 0 Å². The number of hydrogen-bond acceptors (Lipinski definition) is 2. The van der Waals surface area contributed by atoms with Crippen molar-refractivity contribution >= 4 is 0 Å². The minimum atomic E-state index is -0.248. The van der Waals surface area contributed by atoms with Gasteiger partial charge in [-0.3, -0.25) is 5.10 Å². The fourth-order valence-electron chi connectivity index (χ4n) is 1.99. The van der Waals surface area contributed by atoms with Crippen molar-refractivity contribution in [3.05, 3.63) is 41.3 Å². The fourth-order valence-corrected chi connectivity index (χ4v) is 1.99. The number of rotatable bonds is 1. The van der Waals surface area contributed by atoms with Gasteiger partial charge < -0.3 is 4.74 Å². The van der Waals surface area contributed by atoms with E-state index in [0.29, 0.717) is 24.5 Å². The minimum absolute atomic E-state index is 0.248. The molecule has 0 fully saturated rings. The number of nitrogens with one attached hydrogen (secondary N) is 1. The molecule has 3 nitrogen and oxygen atoms in total. The fraction of sp³-hybridized carbons (Fsp3) is 0.250. The zero-order valence-corrected chi connectivity index (χ0v) is 8.66. The Kier molecular flexibility index (Phi) is 2.22. The molecule has 16 heavy (non-hydrogen) atoms. The average Bonchev–Trinajstić information content (AvgIpc) is 2.74. The number of nitrogens with zero attached hydrogens (tertiary/aromatic N) is 1. The molecule has 2 aromatic rings. The smallest absolute Gasteiger partial charge is 0.132 e. The SMILES string of the molecule is Fc1ccccc1-c1n[nH]c2c1COCC2. The van der Waals surface area contributed by atoms with E-state index in [1.807, 2.05) is 6.07 Å². The first-order chi connectivity index (χ1) is 7.86. The van der Waals surface area contributed by atoms with Gasteiger partial charge in [0.15, 0.2) is 0 Å². The molecule has 82 valence electrons. The Morgan fingerprint density at radius 2 is 2.19 bits per heavy atom. The van der Waals surface area contributed by atoms with Gasteiger partial charge in [0.2, 0.25) is 0 Å². The standard InChI is InChI=1S/C12H11FN2O/c13-10-4-2-1-3-8(10)12-9-7-16-6-5-11(9)14-15-12/h1-4H,5-7H2,(H,14,15). The molecule has 1 aliphatic heterocycles. The lowest BCUT2D eigenvalue weighted by molar-refractivity contribution is 0.110. The molecule has 4 heteroatoms. The number of hydrogen-bond donors (Lipinski definition) is 1. The number of fused-ring (bicyclic) bond motifs is 1. The van der Waals surface area contributed by atoms with Gasteiger partial charge in [-0.05, 0) is 12.1 Å². The number of aromatic amines is 1. The van der Waals surface area contributed by atoms with Crippen molar-refractivity contribution in [1.82, 2.24) is 10.2 Å². The van der Waals surface area contributed by atoms with Crippen molar-refractivity contribution in [3.63, 3.8) is 0 Å². The number of halogens is 1. The zero-order valence-electron chi connectivity index (χ0n) is 8.66. The highest BCUT2D eigenvalue weighted by Crippen LogP contribution is 2.28. The summed E-state index contributed by atoms with van der Waals surface area (Å²) in [5, 5.41) is 7.14. The average molecular weight is 218 g/mol. The van der Waals surface area contributed by atoms with Crippen molar-refractivity contribution in [1.29, 1.82) is 0 Å². The third kappa shape index (κ3) is 1.42. The van der Waals surface area contributed by atoms with Crippen LogP contribution in [0, 0.1) is 5.82 Å². The van der Waals surface area contributed by atoms with Crippen LogP contribution in [-0.2, 0) is 17.8 Å². The molecular formula is C12H11FN2O. The summed E-state index contributed by atoms with van der Waals surface area (Å²) in [4.78, 5) is 0. The molecule has 0 unspecified atom stereocenters. The van der Waals surface area contributed by atoms with Crippen LogP contribution in [0.4, 0.5) is 4.39 Å². The van der Waals surface area contributed by atoms with E-state index in [0.717, 1.165) is 17.7 Å². The first-order valence-corrected chi connectivity index (χ1v) is 5.25. The molecule has 1 aromatic heterocycles. The van der Waals surface area contributed by atoms with Gasteiger partial charge in [0.05, 0.1) is 13.2 Å². The summed E-state index contributed by atoms with van der Waals surface area (Å²) in [6.07, 6.45) is 0.816. The Balaban J connectivity index is 2.13.